The number of benzene rings is 2. The van der Waals surface area contributed by atoms with E-state index in [-0.39, 0.29) is 12.8 Å². The van der Waals surface area contributed by atoms with Gasteiger partial charge in [0.15, 0.2) is 11.5 Å². The lowest BCUT2D eigenvalue weighted by Gasteiger charge is -2.15. The van der Waals surface area contributed by atoms with Crippen LogP contribution in [0.3, 0.4) is 0 Å². The first-order chi connectivity index (χ1) is 8.75. The highest BCUT2D eigenvalue weighted by atomic mass is 16.7. The molecule has 0 saturated carbocycles. The lowest BCUT2D eigenvalue weighted by atomic mass is 9.98. The highest BCUT2D eigenvalue weighted by Crippen LogP contribution is 2.38. The van der Waals surface area contributed by atoms with Crippen LogP contribution in [-0.4, -0.2) is 6.79 Å². The Morgan fingerprint density at radius 3 is 2.39 bits per heavy atom. The second-order valence-corrected chi connectivity index (χ2v) is 4.22. The zero-order valence-electron chi connectivity index (χ0n) is 9.80. The third kappa shape index (κ3) is 1.76. The number of fused-ring (bicyclic) bond motifs is 1. The normalized spacial score (nSPS) is 14.5. The summed E-state index contributed by atoms with van der Waals surface area (Å²) in [5, 5.41) is 0. The van der Waals surface area contributed by atoms with E-state index in [4.69, 9.17) is 20.9 Å². The Labute approximate surface area is 105 Å². The van der Waals surface area contributed by atoms with Gasteiger partial charge in [0.25, 0.3) is 0 Å². The van der Waals surface area contributed by atoms with E-state index < -0.39 is 0 Å². The van der Waals surface area contributed by atoms with Crippen LogP contribution in [0.1, 0.15) is 17.2 Å². The molecule has 0 aromatic heterocycles. The molecule has 4 N–H and O–H groups in total. The van der Waals surface area contributed by atoms with Crippen molar-refractivity contribution in [1.29, 1.82) is 0 Å². The molecular formula is C14H14N2O2. The van der Waals surface area contributed by atoms with Gasteiger partial charge in [-0.3, -0.25) is 0 Å². The van der Waals surface area contributed by atoms with Crippen molar-refractivity contribution in [3.63, 3.8) is 0 Å². The van der Waals surface area contributed by atoms with Gasteiger partial charge in [0, 0.05) is 17.3 Å². The van der Waals surface area contributed by atoms with E-state index in [2.05, 4.69) is 0 Å². The SMILES string of the molecule is Nc1cc2c(cc1C(N)c1ccccc1)OCO2. The second-order valence-electron chi connectivity index (χ2n) is 4.22. The second kappa shape index (κ2) is 4.23. The quantitative estimate of drug-likeness (QED) is 0.791. The predicted molar refractivity (Wildman–Crippen MR) is 69.4 cm³/mol. The van der Waals surface area contributed by atoms with Crippen LogP contribution >= 0.6 is 0 Å². The van der Waals surface area contributed by atoms with Crippen molar-refractivity contribution in [2.75, 3.05) is 12.5 Å². The Morgan fingerprint density at radius 1 is 1.00 bits per heavy atom. The number of nitrogen functional groups attached to an aromatic ring is 1. The monoisotopic (exact) mass is 242 g/mol. The Bertz CT molecular complexity index is 570. The van der Waals surface area contributed by atoms with Crippen molar-refractivity contribution < 1.29 is 9.47 Å². The van der Waals surface area contributed by atoms with Gasteiger partial charge in [-0.25, -0.2) is 0 Å². The average Bonchev–Trinajstić information content (AvgIpc) is 2.85. The fourth-order valence-corrected chi connectivity index (χ4v) is 2.08. The van der Waals surface area contributed by atoms with Crippen molar-refractivity contribution >= 4 is 5.69 Å². The van der Waals surface area contributed by atoms with Crippen molar-refractivity contribution in [1.82, 2.24) is 0 Å². The molecule has 3 rings (SSSR count). The summed E-state index contributed by atoms with van der Waals surface area (Å²) in [4.78, 5) is 0. The summed E-state index contributed by atoms with van der Waals surface area (Å²) in [6.45, 7) is 0.235. The maximum absolute atomic E-state index is 6.23. The molecular weight excluding hydrogens is 228 g/mol. The van der Waals surface area contributed by atoms with E-state index in [1.165, 1.54) is 0 Å². The van der Waals surface area contributed by atoms with E-state index in [0.717, 1.165) is 11.1 Å². The number of rotatable bonds is 2. The van der Waals surface area contributed by atoms with Gasteiger partial charge in [0.05, 0.1) is 6.04 Å². The largest absolute Gasteiger partial charge is 0.454 e. The number of nitrogens with two attached hydrogens (primary N) is 2. The molecule has 0 saturated heterocycles. The Kier molecular flexibility index (Phi) is 2.57. The Hall–Kier alpha value is -2.20. The van der Waals surface area contributed by atoms with Crippen LogP contribution in [0.15, 0.2) is 42.5 Å². The van der Waals surface area contributed by atoms with Crippen LogP contribution in [0.4, 0.5) is 5.69 Å². The number of hydrogen-bond donors (Lipinski definition) is 2. The first-order valence-corrected chi connectivity index (χ1v) is 5.75. The molecule has 1 heterocycles. The fourth-order valence-electron chi connectivity index (χ4n) is 2.08. The number of hydrogen-bond acceptors (Lipinski definition) is 4. The summed E-state index contributed by atoms with van der Waals surface area (Å²) in [6.07, 6.45) is 0. The highest BCUT2D eigenvalue weighted by Gasteiger charge is 2.19. The van der Waals surface area contributed by atoms with E-state index in [9.17, 15) is 0 Å². The minimum Gasteiger partial charge on any atom is -0.454 e. The molecule has 92 valence electrons. The zero-order chi connectivity index (χ0) is 12.5. The maximum Gasteiger partial charge on any atom is 0.231 e. The molecule has 4 heteroatoms. The summed E-state index contributed by atoms with van der Waals surface area (Å²) >= 11 is 0. The topological polar surface area (TPSA) is 70.5 Å². The van der Waals surface area contributed by atoms with Crippen LogP contribution < -0.4 is 20.9 Å². The zero-order valence-corrected chi connectivity index (χ0v) is 9.80. The van der Waals surface area contributed by atoms with Crippen molar-refractivity contribution in [2.24, 2.45) is 5.73 Å². The molecule has 18 heavy (non-hydrogen) atoms. The molecule has 1 aliphatic rings. The highest BCUT2D eigenvalue weighted by molar-refractivity contribution is 5.61. The molecule has 0 aliphatic carbocycles. The fraction of sp³-hybridized carbons (Fsp3) is 0.143. The molecule has 1 atom stereocenters. The molecule has 0 bridgehead atoms. The van der Waals surface area contributed by atoms with E-state index in [1.807, 2.05) is 36.4 Å². The van der Waals surface area contributed by atoms with Crippen LogP contribution in [-0.2, 0) is 0 Å². The minimum atomic E-state index is -0.263. The third-order valence-corrected chi connectivity index (χ3v) is 3.07. The van der Waals surface area contributed by atoms with Crippen LogP contribution in [0.2, 0.25) is 0 Å². The van der Waals surface area contributed by atoms with E-state index in [1.54, 1.807) is 6.07 Å². The molecule has 0 fully saturated rings. The van der Waals surface area contributed by atoms with Crippen LogP contribution in [0.5, 0.6) is 11.5 Å². The van der Waals surface area contributed by atoms with Crippen molar-refractivity contribution in [2.45, 2.75) is 6.04 Å². The Balaban J connectivity index is 2.02. The first kappa shape index (κ1) is 10.9. The molecule has 2 aromatic carbocycles. The van der Waals surface area contributed by atoms with Crippen molar-refractivity contribution in [3.05, 3.63) is 53.6 Å². The van der Waals surface area contributed by atoms with Gasteiger partial charge in [-0.15, -0.1) is 0 Å². The number of ether oxygens (including phenoxy) is 2. The van der Waals surface area contributed by atoms with Gasteiger partial charge >= 0.3 is 0 Å². The molecule has 1 unspecified atom stereocenters. The summed E-state index contributed by atoms with van der Waals surface area (Å²) in [6, 6.07) is 13.2. The van der Waals surface area contributed by atoms with Crippen molar-refractivity contribution in [3.8, 4) is 11.5 Å². The summed E-state index contributed by atoms with van der Waals surface area (Å²) in [5.41, 5.74) is 14.7. The molecule has 2 aromatic rings. The van der Waals surface area contributed by atoms with Gasteiger partial charge in [-0.05, 0) is 11.6 Å². The third-order valence-electron chi connectivity index (χ3n) is 3.07. The molecule has 0 amide bonds. The van der Waals surface area contributed by atoms with Gasteiger partial charge < -0.3 is 20.9 Å². The van der Waals surface area contributed by atoms with Gasteiger partial charge in [0.2, 0.25) is 6.79 Å². The van der Waals surface area contributed by atoms with Gasteiger partial charge in [-0.1, -0.05) is 30.3 Å². The average molecular weight is 242 g/mol. The summed E-state index contributed by atoms with van der Waals surface area (Å²) in [5.74, 6) is 1.38. The summed E-state index contributed by atoms with van der Waals surface area (Å²) in [7, 11) is 0. The minimum absolute atomic E-state index is 0.235. The van der Waals surface area contributed by atoms with Crippen LogP contribution in [0, 0.1) is 0 Å². The van der Waals surface area contributed by atoms with E-state index in [0.29, 0.717) is 17.2 Å². The molecule has 0 radical (unpaired) electrons. The van der Waals surface area contributed by atoms with E-state index >= 15 is 0 Å². The maximum atomic E-state index is 6.23. The van der Waals surface area contributed by atoms with Gasteiger partial charge in [-0.2, -0.15) is 0 Å². The smallest absolute Gasteiger partial charge is 0.231 e. The van der Waals surface area contributed by atoms with Gasteiger partial charge in [0.1, 0.15) is 0 Å². The summed E-state index contributed by atoms with van der Waals surface area (Å²) < 4.78 is 10.6. The lowest BCUT2D eigenvalue weighted by molar-refractivity contribution is 0.174. The predicted octanol–water partition coefficient (Wildman–Crippen LogP) is 2.05. The first-order valence-electron chi connectivity index (χ1n) is 5.75. The lowest BCUT2D eigenvalue weighted by Crippen LogP contribution is -2.13. The molecule has 1 aliphatic heterocycles. The van der Waals surface area contributed by atoms with Crippen LogP contribution in [0.25, 0.3) is 0 Å². The molecule has 0 spiro atoms. The molecule has 4 nitrogen and oxygen atoms in total. The Morgan fingerprint density at radius 2 is 1.67 bits per heavy atom. The number of anilines is 1. The standard InChI is InChI=1S/C14H14N2O2/c15-11-7-13-12(17-8-18-13)6-10(11)14(16)9-4-2-1-3-5-9/h1-7,14H,8,15-16H2.